The lowest BCUT2D eigenvalue weighted by molar-refractivity contribution is -0.188. The molecule has 1 saturated carbocycles. The number of hydrogen-bond acceptors (Lipinski definition) is 3. The van der Waals surface area contributed by atoms with Crippen molar-refractivity contribution in [2.45, 2.75) is 63.6 Å². The quantitative estimate of drug-likeness (QED) is 0.757. The van der Waals surface area contributed by atoms with E-state index in [1.54, 1.807) is 29.0 Å². The Bertz CT molecular complexity index is 668. The van der Waals surface area contributed by atoms with Crippen molar-refractivity contribution in [2.75, 3.05) is 13.6 Å². The number of β-lactam (4-membered cyclic amide) rings is 1. The van der Waals surface area contributed by atoms with Crippen molar-refractivity contribution < 1.29 is 18.7 Å². The third kappa shape index (κ3) is 3.29. The van der Waals surface area contributed by atoms with E-state index in [2.05, 4.69) is 0 Å². The summed E-state index contributed by atoms with van der Waals surface area (Å²) < 4.78 is 19.1. The minimum absolute atomic E-state index is 0.0569. The van der Waals surface area contributed by atoms with Gasteiger partial charge in [0.2, 0.25) is 5.91 Å². The van der Waals surface area contributed by atoms with Crippen LogP contribution in [-0.4, -0.2) is 52.9 Å². The zero-order chi connectivity index (χ0) is 18.9. The van der Waals surface area contributed by atoms with E-state index in [-0.39, 0.29) is 30.2 Å². The number of likely N-dealkylation sites (tertiary alicyclic amines) is 1. The highest BCUT2D eigenvalue weighted by molar-refractivity contribution is 5.94. The predicted molar refractivity (Wildman–Crippen MR) is 96.3 cm³/mol. The third-order valence-electron chi connectivity index (χ3n) is 5.76. The van der Waals surface area contributed by atoms with Crippen LogP contribution in [0, 0.1) is 5.82 Å². The molecular weight excluding hydrogens is 335 g/mol. The van der Waals surface area contributed by atoms with Gasteiger partial charge in [-0.2, -0.15) is 0 Å². The van der Waals surface area contributed by atoms with Gasteiger partial charge >= 0.3 is 0 Å². The predicted octanol–water partition coefficient (Wildman–Crippen LogP) is 2.99. The number of carbonyl (C=O) groups excluding carboxylic acids is 2. The Kier molecular flexibility index (Phi) is 5.21. The second-order valence-corrected chi connectivity index (χ2v) is 7.64. The molecule has 1 aliphatic carbocycles. The largest absolute Gasteiger partial charge is 0.478 e. The van der Waals surface area contributed by atoms with Crippen LogP contribution in [0.25, 0.3) is 0 Å². The van der Waals surface area contributed by atoms with Crippen molar-refractivity contribution in [3.8, 4) is 5.75 Å². The number of ether oxygens (including phenoxy) is 1. The van der Waals surface area contributed by atoms with Gasteiger partial charge in [-0.1, -0.05) is 19.3 Å². The molecule has 1 aromatic carbocycles. The summed E-state index contributed by atoms with van der Waals surface area (Å²) in [7, 11) is 1.76. The summed E-state index contributed by atoms with van der Waals surface area (Å²) in [6.07, 6.45) is 4.24. The van der Waals surface area contributed by atoms with Crippen LogP contribution in [0.2, 0.25) is 0 Å². The van der Waals surface area contributed by atoms with Gasteiger partial charge in [-0.25, -0.2) is 4.39 Å². The maximum absolute atomic E-state index is 13.1. The molecule has 3 rings (SSSR count). The molecule has 1 aromatic rings. The molecule has 2 aliphatic rings. The molecule has 0 N–H and O–H groups in total. The summed E-state index contributed by atoms with van der Waals surface area (Å²) in [6, 6.07) is 5.82. The van der Waals surface area contributed by atoms with Gasteiger partial charge in [-0.15, -0.1) is 0 Å². The fourth-order valence-corrected chi connectivity index (χ4v) is 3.94. The summed E-state index contributed by atoms with van der Waals surface area (Å²) in [4.78, 5) is 28.7. The van der Waals surface area contributed by atoms with Crippen LogP contribution < -0.4 is 4.74 Å². The van der Waals surface area contributed by atoms with E-state index < -0.39 is 11.6 Å². The molecule has 5 nitrogen and oxygen atoms in total. The lowest BCUT2D eigenvalue weighted by Gasteiger charge is -2.58. The Hall–Kier alpha value is -2.11. The highest BCUT2D eigenvalue weighted by atomic mass is 19.1. The molecule has 1 heterocycles. The van der Waals surface area contributed by atoms with Crippen molar-refractivity contribution in [1.82, 2.24) is 9.80 Å². The zero-order valence-corrected chi connectivity index (χ0v) is 15.7. The lowest BCUT2D eigenvalue weighted by Crippen LogP contribution is -2.77. The average molecular weight is 362 g/mol. The monoisotopic (exact) mass is 362 g/mol. The highest BCUT2D eigenvalue weighted by Gasteiger charge is 2.62. The van der Waals surface area contributed by atoms with Gasteiger partial charge in [-0.05, 0) is 51.0 Å². The molecule has 26 heavy (non-hydrogen) atoms. The van der Waals surface area contributed by atoms with E-state index >= 15 is 0 Å². The van der Waals surface area contributed by atoms with Crippen LogP contribution in [0.4, 0.5) is 4.39 Å². The van der Waals surface area contributed by atoms with Crippen LogP contribution in [0.5, 0.6) is 5.75 Å². The van der Waals surface area contributed by atoms with Gasteiger partial charge in [-0.3, -0.25) is 9.59 Å². The Morgan fingerprint density at radius 1 is 1.27 bits per heavy atom. The van der Waals surface area contributed by atoms with Gasteiger partial charge in [0, 0.05) is 13.1 Å². The van der Waals surface area contributed by atoms with E-state index in [0.29, 0.717) is 5.75 Å². The molecule has 6 heteroatoms. The second kappa shape index (κ2) is 7.25. The topological polar surface area (TPSA) is 49.9 Å². The maximum Gasteiger partial charge on any atom is 0.267 e. The Morgan fingerprint density at radius 3 is 2.46 bits per heavy atom. The Labute approximate surface area is 154 Å². The minimum Gasteiger partial charge on any atom is -0.478 e. The third-order valence-corrected chi connectivity index (χ3v) is 5.76. The van der Waals surface area contributed by atoms with E-state index in [1.807, 2.05) is 13.8 Å². The fraction of sp³-hybridized carbons (Fsp3) is 0.600. The zero-order valence-electron chi connectivity index (χ0n) is 15.7. The number of halogens is 1. The molecule has 0 bridgehead atoms. The van der Waals surface area contributed by atoms with Crippen molar-refractivity contribution in [2.24, 2.45) is 0 Å². The summed E-state index contributed by atoms with van der Waals surface area (Å²) in [5.74, 6) is -0.0613. The number of amides is 2. The second-order valence-electron chi connectivity index (χ2n) is 7.64. The van der Waals surface area contributed by atoms with E-state index in [9.17, 15) is 14.0 Å². The molecule has 1 atom stereocenters. The molecule has 142 valence electrons. The number of benzene rings is 1. The Morgan fingerprint density at radius 2 is 1.88 bits per heavy atom. The number of likely N-dealkylation sites (N-methyl/N-ethyl adjacent to an activating group) is 1. The minimum atomic E-state index is -0.592. The van der Waals surface area contributed by atoms with E-state index in [0.717, 1.165) is 32.1 Å². The highest BCUT2D eigenvalue weighted by Crippen LogP contribution is 2.45. The average Bonchev–Trinajstić information content (AvgIpc) is 2.65. The molecule has 0 aromatic heterocycles. The summed E-state index contributed by atoms with van der Waals surface area (Å²) in [5.41, 5.74) is -0.419. The molecule has 2 amide bonds. The Balaban J connectivity index is 1.77. The normalized spacial score (nSPS) is 21.7. The number of hydrogen-bond donors (Lipinski definition) is 0. The van der Waals surface area contributed by atoms with E-state index in [1.165, 1.54) is 12.1 Å². The van der Waals surface area contributed by atoms with Crippen LogP contribution in [0.3, 0.4) is 0 Å². The molecule has 1 spiro atoms. The fourth-order valence-electron chi connectivity index (χ4n) is 3.94. The van der Waals surface area contributed by atoms with E-state index in [4.69, 9.17) is 4.74 Å². The maximum atomic E-state index is 13.1. The first-order valence-corrected chi connectivity index (χ1v) is 9.34. The number of nitrogens with zero attached hydrogens (tertiary/aromatic N) is 2. The molecule has 1 unspecified atom stereocenters. The first-order valence-electron chi connectivity index (χ1n) is 9.34. The summed E-state index contributed by atoms with van der Waals surface area (Å²) >= 11 is 0. The van der Waals surface area contributed by atoms with Gasteiger partial charge in [0.15, 0.2) is 6.10 Å². The first kappa shape index (κ1) is 18.7. The van der Waals surface area contributed by atoms with Crippen LogP contribution in [0.1, 0.15) is 46.0 Å². The molecule has 2 fully saturated rings. The van der Waals surface area contributed by atoms with Crippen molar-refractivity contribution >= 4 is 11.8 Å². The van der Waals surface area contributed by atoms with Gasteiger partial charge < -0.3 is 14.5 Å². The van der Waals surface area contributed by atoms with Gasteiger partial charge in [0.1, 0.15) is 18.1 Å². The lowest BCUT2D eigenvalue weighted by atomic mass is 9.70. The van der Waals surface area contributed by atoms with Crippen LogP contribution in [0.15, 0.2) is 24.3 Å². The summed E-state index contributed by atoms with van der Waals surface area (Å²) in [6.45, 7) is 4.00. The molecule has 1 saturated heterocycles. The van der Waals surface area contributed by atoms with Gasteiger partial charge in [0.25, 0.3) is 5.91 Å². The van der Waals surface area contributed by atoms with Gasteiger partial charge in [0.05, 0.1) is 5.54 Å². The van der Waals surface area contributed by atoms with Crippen molar-refractivity contribution in [1.29, 1.82) is 0 Å². The SMILES string of the molecule is CC(C)N(C)C(=O)CN1C(=O)C(Oc2ccc(F)cc2)C12CCCCC2. The van der Waals surface area contributed by atoms with Crippen LogP contribution in [-0.2, 0) is 9.59 Å². The van der Waals surface area contributed by atoms with Crippen molar-refractivity contribution in [3.63, 3.8) is 0 Å². The summed E-state index contributed by atoms with van der Waals surface area (Å²) in [5, 5.41) is 0. The number of carbonyl (C=O) groups is 2. The standard InChI is InChI=1S/C20H27FN2O3/c1-14(2)22(3)17(24)13-23-19(25)18(20(23)11-5-4-6-12-20)26-16-9-7-15(21)8-10-16/h7-10,14,18H,4-6,11-13H2,1-3H3. The number of rotatable bonds is 5. The molecule has 1 aliphatic heterocycles. The smallest absolute Gasteiger partial charge is 0.267 e. The first-order chi connectivity index (χ1) is 12.3. The van der Waals surface area contributed by atoms with Crippen molar-refractivity contribution in [3.05, 3.63) is 30.1 Å². The molecule has 0 radical (unpaired) electrons. The molecular formula is C20H27FN2O3. The van der Waals surface area contributed by atoms with Crippen LogP contribution >= 0.6 is 0 Å².